The maximum Gasteiger partial charge on any atom is 0.264 e. The molecule has 2 aromatic carbocycles. The number of anilines is 5. The topological polar surface area (TPSA) is 109 Å². The fourth-order valence-electron chi connectivity index (χ4n) is 2.98. The molecule has 8 nitrogen and oxygen atoms in total. The molecule has 0 radical (unpaired) electrons. The molecule has 0 atom stereocenters. The fourth-order valence-corrected chi connectivity index (χ4v) is 5.04. The van der Waals surface area contributed by atoms with E-state index in [9.17, 15) is 12.8 Å². The molecule has 0 bridgehead atoms. The number of hydrogen-bond donors (Lipinski definition) is 3. The number of pyridine rings is 1. The van der Waals surface area contributed by atoms with Crippen LogP contribution in [0.15, 0.2) is 78.2 Å². The predicted octanol–water partition coefficient (Wildman–Crippen LogP) is 5.89. The van der Waals surface area contributed by atoms with Crippen molar-refractivity contribution in [2.75, 3.05) is 15.4 Å². The molecule has 0 unspecified atom stereocenters. The lowest BCUT2D eigenvalue weighted by Crippen LogP contribution is -2.13. The summed E-state index contributed by atoms with van der Waals surface area (Å²) in [6.07, 6.45) is 3.98. The zero-order valence-electron chi connectivity index (χ0n) is 17.3. The van der Waals surface area contributed by atoms with Gasteiger partial charge in [-0.2, -0.15) is 0 Å². The van der Waals surface area contributed by atoms with Gasteiger partial charge in [0, 0.05) is 34.3 Å². The van der Waals surface area contributed by atoms with Gasteiger partial charge < -0.3 is 10.6 Å². The summed E-state index contributed by atoms with van der Waals surface area (Å²) in [7, 11) is -3.92. The molecule has 2 heterocycles. The van der Waals surface area contributed by atoms with E-state index in [2.05, 4.69) is 52.9 Å². The maximum absolute atomic E-state index is 13.7. The Hall–Kier alpha value is -3.03. The van der Waals surface area contributed by atoms with Crippen molar-refractivity contribution in [3.63, 3.8) is 0 Å². The first kappa shape index (κ1) is 24.1. The van der Waals surface area contributed by atoms with Crippen LogP contribution in [-0.4, -0.2) is 23.4 Å². The average Bonchev–Trinajstić information content (AvgIpc) is 2.81. The van der Waals surface area contributed by atoms with E-state index in [0.717, 1.165) is 0 Å². The Kier molecular flexibility index (Phi) is 7.44. The average molecular weight is 611 g/mol. The van der Waals surface area contributed by atoms with E-state index in [-0.39, 0.29) is 15.7 Å². The summed E-state index contributed by atoms with van der Waals surface area (Å²) in [5, 5.41) is 6.31. The zero-order valence-corrected chi connectivity index (χ0v) is 21.1. The number of rotatable bonds is 8. The van der Waals surface area contributed by atoms with Crippen molar-refractivity contribution < 1.29 is 12.8 Å². The maximum atomic E-state index is 13.7. The van der Waals surface area contributed by atoms with Gasteiger partial charge in [0.15, 0.2) is 0 Å². The summed E-state index contributed by atoms with van der Waals surface area (Å²) in [5.41, 5.74) is 2.21. The Morgan fingerprint density at radius 2 is 1.65 bits per heavy atom. The first-order valence-corrected chi connectivity index (χ1v) is 13.2. The number of benzene rings is 2. The van der Waals surface area contributed by atoms with E-state index in [4.69, 9.17) is 11.6 Å². The van der Waals surface area contributed by atoms with Crippen LogP contribution < -0.4 is 15.4 Å². The standard InChI is InChI=1S/C22H17ClFIN6O2S/c23-18-6-7-26-12-20(18)34(32,33)31-17-3-1-2-15(9-17)29-21-10-22(28-13-27-21)30-16-4-5-19(24)14(8-16)11-25/h1-10,12-13,31H,11H2,(H2,27,28,29,30). The van der Waals surface area contributed by atoms with Gasteiger partial charge in [-0.3, -0.25) is 9.71 Å². The Morgan fingerprint density at radius 1 is 0.941 bits per heavy atom. The van der Waals surface area contributed by atoms with Crippen molar-refractivity contribution >= 4 is 72.9 Å². The SMILES string of the molecule is O=S(=O)(Nc1cccc(Nc2cc(Nc3ccc(F)c(CI)c3)ncn2)c1)c1cnccc1Cl. The Morgan fingerprint density at radius 3 is 2.35 bits per heavy atom. The molecular formula is C22H17ClFIN6O2S. The number of halogens is 3. The lowest BCUT2D eigenvalue weighted by molar-refractivity contribution is 0.601. The van der Waals surface area contributed by atoms with Crippen LogP contribution >= 0.6 is 34.2 Å². The molecule has 0 aliphatic rings. The van der Waals surface area contributed by atoms with Gasteiger partial charge in [-0.25, -0.2) is 22.8 Å². The van der Waals surface area contributed by atoms with E-state index in [1.165, 1.54) is 30.9 Å². The molecule has 4 rings (SSSR count). The molecule has 12 heteroatoms. The summed E-state index contributed by atoms with van der Waals surface area (Å²) < 4.78 is 42.1. The Bertz CT molecular complexity index is 1440. The van der Waals surface area contributed by atoms with Gasteiger partial charge in [-0.15, -0.1) is 0 Å². The molecule has 0 saturated carbocycles. The largest absolute Gasteiger partial charge is 0.340 e. The summed E-state index contributed by atoms with van der Waals surface area (Å²) in [6, 6.07) is 14.5. The van der Waals surface area contributed by atoms with E-state index >= 15 is 0 Å². The van der Waals surface area contributed by atoms with Crippen LogP contribution in [0.4, 0.5) is 33.1 Å². The van der Waals surface area contributed by atoms with E-state index in [1.54, 1.807) is 42.5 Å². The highest BCUT2D eigenvalue weighted by atomic mass is 127. The second kappa shape index (κ2) is 10.5. The number of sulfonamides is 1. The van der Waals surface area contributed by atoms with E-state index in [1.807, 2.05) is 0 Å². The summed E-state index contributed by atoms with van der Waals surface area (Å²) >= 11 is 8.10. The van der Waals surface area contributed by atoms with Crippen molar-refractivity contribution in [1.29, 1.82) is 0 Å². The summed E-state index contributed by atoms with van der Waals surface area (Å²) in [5.74, 6) is 0.724. The van der Waals surface area contributed by atoms with Crippen LogP contribution in [0.2, 0.25) is 5.02 Å². The first-order valence-electron chi connectivity index (χ1n) is 9.77. The van der Waals surface area contributed by atoms with Crippen LogP contribution in [0.5, 0.6) is 0 Å². The highest BCUT2D eigenvalue weighted by Crippen LogP contribution is 2.26. The van der Waals surface area contributed by atoms with Crippen LogP contribution in [0.1, 0.15) is 5.56 Å². The minimum absolute atomic E-state index is 0.0737. The molecular weight excluding hydrogens is 594 g/mol. The highest BCUT2D eigenvalue weighted by Gasteiger charge is 2.18. The van der Waals surface area contributed by atoms with Gasteiger partial charge in [0.25, 0.3) is 10.0 Å². The number of alkyl halides is 1. The van der Waals surface area contributed by atoms with Crippen LogP contribution in [0.25, 0.3) is 0 Å². The number of nitrogens with zero attached hydrogens (tertiary/aromatic N) is 3. The molecule has 0 amide bonds. The van der Waals surface area contributed by atoms with Crippen molar-refractivity contribution in [2.45, 2.75) is 9.32 Å². The lowest BCUT2D eigenvalue weighted by atomic mass is 10.2. The van der Waals surface area contributed by atoms with E-state index in [0.29, 0.717) is 38.7 Å². The molecule has 174 valence electrons. The summed E-state index contributed by atoms with van der Waals surface area (Å²) in [6.45, 7) is 0. The smallest absolute Gasteiger partial charge is 0.264 e. The third kappa shape index (κ3) is 5.90. The first-order chi connectivity index (χ1) is 16.3. The minimum atomic E-state index is -3.92. The molecule has 2 aromatic heterocycles. The molecule has 4 aromatic rings. The Labute approximate surface area is 214 Å². The third-order valence-electron chi connectivity index (χ3n) is 4.54. The van der Waals surface area contributed by atoms with Crippen molar-refractivity contribution in [3.8, 4) is 0 Å². The lowest BCUT2D eigenvalue weighted by Gasteiger charge is -2.12. The van der Waals surface area contributed by atoms with Crippen LogP contribution in [0.3, 0.4) is 0 Å². The van der Waals surface area contributed by atoms with Crippen molar-refractivity contribution in [3.05, 3.63) is 89.7 Å². The number of nitrogens with one attached hydrogen (secondary N) is 3. The molecule has 34 heavy (non-hydrogen) atoms. The van der Waals surface area contributed by atoms with Gasteiger partial charge in [-0.05, 0) is 48.0 Å². The molecule has 0 spiro atoms. The second-order valence-electron chi connectivity index (χ2n) is 6.97. The van der Waals surface area contributed by atoms with Gasteiger partial charge in [0.1, 0.15) is 28.7 Å². The molecule has 0 aliphatic heterocycles. The number of aromatic nitrogens is 3. The zero-order chi connectivity index (χ0) is 24.1. The van der Waals surface area contributed by atoms with Crippen LogP contribution in [0, 0.1) is 5.82 Å². The van der Waals surface area contributed by atoms with Gasteiger partial charge in [-0.1, -0.05) is 40.3 Å². The van der Waals surface area contributed by atoms with Crippen molar-refractivity contribution in [1.82, 2.24) is 15.0 Å². The molecule has 0 fully saturated rings. The minimum Gasteiger partial charge on any atom is -0.340 e. The quantitative estimate of drug-likeness (QED) is 0.169. The third-order valence-corrected chi connectivity index (χ3v) is 7.21. The summed E-state index contributed by atoms with van der Waals surface area (Å²) in [4.78, 5) is 12.1. The van der Waals surface area contributed by atoms with Gasteiger partial charge >= 0.3 is 0 Å². The highest BCUT2D eigenvalue weighted by molar-refractivity contribution is 14.1. The number of hydrogen-bond acceptors (Lipinski definition) is 7. The molecule has 0 saturated heterocycles. The predicted molar refractivity (Wildman–Crippen MR) is 139 cm³/mol. The van der Waals surface area contributed by atoms with Gasteiger partial charge in [0.05, 0.1) is 10.7 Å². The molecule has 3 N–H and O–H groups in total. The van der Waals surface area contributed by atoms with E-state index < -0.39 is 10.0 Å². The van der Waals surface area contributed by atoms with Gasteiger partial charge in [0.2, 0.25) is 0 Å². The monoisotopic (exact) mass is 610 g/mol. The second-order valence-corrected chi connectivity index (χ2v) is 9.79. The van der Waals surface area contributed by atoms with Crippen molar-refractivity contribution in [2.24, 2.45) is 0 Å². The normalized spacial score (nSPS) is 11.1. The Balaban J connectivity index is 1.50. The molecule has 0 aliphatic carbocycles. The fraction of sp³-hybridized carbons (Fsp3) is 0.0455. The van der Waals surface area contributed by atoms with Crippen LogP contribution in [-0.2, 0) is 14.5 Å².